The summed E-state index contributed by atoms with van der Waals surface area (Å²) in [5, 5.41) is 5.72. The Morgan fingerprint density at radius 1 is 1.08 bits per heavy atom. The molecule has 0 saturated heterocycles. The van der Waals surface area contributed by atoms with Crippen LogP contribution >= 0.6 is 23.1 Å². The number of hydrogen-bond donors (Lipinski definition) is 1. The van der Waals surface area contributed by atoms with E-state index in [1.165, 1.54) is 51.9 Å². The summed E-state index contributed by atoms with van der Waals surface area (Å²) in [4.78, 5) is 12.2. The number of hydrogen-bond acceptors (Lipinski definition) is 5. The Balaban J connectivity index is 1.91. The van der Waals surface area contributed by atoms with E-state index in [9.17, 15) is 0 Å². The molecule has 0 bridgehead atoms. The molecule has 4 rings (SSSR count). The normalized spacial score (nSPS) is 14.0. The first-order valence-corrected chi connectivity index (χ1v) is 10.4. The van der Waals surface area contributed by atoms with Crippen LogP contribution in [0, 0.1) is 13.8 Å². The van der Waals surface area contributed by atoms with Gasteiger partial charge < -0.3 is 5.32 Å². The molecule has 24 heavy (non-hydrogen) atoms. The van der Waals surface area contributed by atoms with Gasteiger partial charge in [-0.25, -0.2) is 9.97 Å². The molecule has 0 atom stereocenters. The highest BCUT2D eigenvalue weighted by atomic mass is 32.2. The Kier molecular flexibility index (Phi) is 4.22. The number of rotatable bonds is 3. The maximum atomic E-state index is 4.82. The van der Waals surface area contributed by atoms with Crippen LogP contribution < -0.4 is 5.32 Å². The maximum absolute atomic E-state index is 4.82. The molecule has 1 aliphatic carbocycles. The second-order valence-corrected chi connectivity index (χ2v) is 8.20. The average molecular weight is 356 g/mol. The highest BCUT2D eigenvalue weighted by Gasteiger charge is 2.21. The van der Waals surface area contributed by atoms with Gasteiger partial charge in [0.1, 0.15) is 10.6 Å². The van der Waals surface area contributed by atoms with Crippen molar-refractivity contribution >= 4 is 44.8 Å². The standard InChI is InChI=1S/C19H21N3S2/c1-11-7-6-8-12(2)16(11)20-17-15-13-9-4-5-10-14(13)24-18(15)22-19(21-17)23-3/h6-8H,4-5,9-10H2,1-3H3,(H,20,21,22). The van der Waals surface area contributed by atoms with Gasteiger partial charge in [-0.1, -0.05) is 30.0 Å². The number of thiophene rings is 1. The molecule has 2 heterocycles. The van der Waals surface area contributed by atoms with Crippen molar-refractivity contribution in [2.75, 3.05) is 11.6 Å². The van der Waals surface area contributed by atoms with E-state index in [0.29, 0.717) is 0 Å². The van der Waals surface area contributed by atoms with E-state index in [0.717, 1.165) is 22.2 Å². The van der Waals surface area contributed by atoms with Crippen LogP contribution in [-0.4, -0.2) is 16.2 Å². The zero-order chi connectivity index (χ0) is 16.7. The number of fused-ring (bicyclic) bond motifs is 3. The van der Waals surface area contributed by atoms with Crippen LogP contribution in [-0.2, 0) is 12.8 Å². The summed E-state index contributed by atoms with van der Waals surface area (Å²) in [6, 6.07) is 6.39. The molecule has 3 aromatic rings. The minimum absolute atomic E-state index is 0.842. The number of aryl methyl sites for hydroxylation is 4. The first-order chi connectivity index (χ1) is 11.7. The molecule has 5 heteroatoms. The average Bonchev–Trinajstić information content (AvgIpc) is 2.96. The van der Waals surface area contributed by atoms with Crippen LogP contribution in [0.2, 0.25) is 0 Å². The SMILES string of the molecule is CSc1nc(Nc2c(C)cccc2C)c2c3c(sc2n1)CCCC3. The fourth-order valence-electron chi connectivity index (χ4n) is 3.45. The third-order valence-corrected chi connectivity index (χ3v) is 6.43. The Morgan fingerprint density at radius 2 is 1.83 bits per heavy atom. The molecule has 0 saturated carbocycles. The molecule has 3 nitrogen and oxygen atoms in total. The molecular weight excluding hydrogens is 334 g/mol. The topological polar surface area (TPSA) is 37.8 Å². The van der Waals surface area contributed by atoms with E-state index < -0.39 is 0 Å². The molecule has 0 spiro atoms. The Hall–Kier alpha value is -1.59. The van der Waals surface area contributed by atoms with Crippen molar-refractivity contribution in [1.82, 2.24) is 9.97 Å². The summed E-state index contributed by atoms with van der Waals surface area (Å²) in [7, 11) is 0. The number of nitrogens with one attached hydrogen (secondary N) is 1. The molecule has 124 valence electrons. The smallest absolute Gasteiger partial charge is 0.190 e. The van der Waals surface area contributed by atoms with Crippen LogP contribution in [0.15, 0.2) is 23.4 Å². The van der Waals surface area contributed by atoms with Gasteiger partial charge in [-0.15, -0.1) is 11.3 Å². The second kappa shape index (κ2) is 6.37. The van der Waals surface area contributed by atoms with Crippen molar-refractivity contribution in [2.24, 2.45) is 0 Å². The predicted octanol–water partition coefficient (Wildman–Crippen LogP) is 5.65. The summed E-state index contributed by atoms with van der Waals surface area (Å²) in [5.74, 6) is 0.973. The minimum Gasteiger partial charge on any atom is -0.339 e. The van der Waals surface area contributed by atoms with Crippen molar-refractivity contribution in [2.45, 2.75) is 44.7 Å². The van der Waals surface area contributed by atoms with E-state index in [1.807, 2.05) is 17.6 Å². The van der Waals surface area contributed by atoms with Gasteiger partial charge in [0.25, 0.3) is 0 Å². The van der Waals surface area contributed by atoms with Crippen LogP contribution in [0.4, 0.5) is 11.5 Å². The largest absolute Gasteiger partial charge is 0.339 e. The van der Waals surface area contributed by atoms with Crippen molar-refractivity contribution in [3.8, 4) is 0 Å². The van der Waals surface area contributed by atoms with Gasteiger partial charge in [0.05, 0.1) is 5.39 Å². The lowest BCUT2D eigenvalue weighted by Crippen LogP contribution is -2.03. The van der Waals surface area contributed by atoms with Crippen LogP contribution in [0.25, 0.3) is 10.2 Å². The lowest BCUT2D eigenvalue weighted by atomic mass is 9.97. The summed E-state index contributed by atoms with van der Waals surface area (Å²) in [6.07, 6.45) is 6.94. The lowest BCUT2D eigenvalue weighted by molar-refractivity contribution is 0.700. The zero-order valence-corrected chi connectivity index (χ0v) is 15.9. The monoisotopic (exact) mass is 355 g/mol. The van der Waals surface area contributed by atoms with Gasteiger partial charge in [0, 0.05) is 10.6 Å². The van der Waals surface area contributed by atoms with Gasteiger partial charge in [0.2, 0.25) is 0 Å². The van der Waals surface area contributed by atoms with Crippen molar-refractivity contribution in [3.63, 3.8) is 0 Å². The molecular formula is C19H21N3S2. The Bertz CT molecular complexity index is 894. The quantitative estimate of drug-likeness (QED) is 0.486. The maximum Gasteiger partial charge on any atom is 0.190 e. The van der Waals surface area contributed by atoms with Gasteiger partial charge >= 0.3 is 0 Å². The molecule has 0 amide bonds. The highest BCUT2D eigenvalue weighted by molar-refractivity contribution is 7.98. The molecule has 0 unspecified atom stereocenters. The van der Waals surface area contributed by atoms with Crippen molar-refractivity contribution in [1.29, 1.82) is 0 Å². The summed E-state index contributed by atoms with van der Waals surface area (Å²) in [6.45, 7) is 4.29. The first-order valence-electron chi connectivity index (χ1n) is 8.37. The van der Waals surface area contributed by atoms with E-state index >= 15 is 0 Å². The van der Waals surface area contributed by atoms with Crippen LogP contribution in [0.5, 0.6) is 0 Å². The van der Waals surface area contributed by atoms with Crippen molar-refractivity contribution in [3.05, 3.63) is 39.8 Å². The fraction of sp³-hybridized carbons (Fsp3) is 0.368. The molecule has 0 aliphatic heterocycles. The Labute approximate surface area is 150 Å². The van der Waals surface area contributed by atoms with E-state index in [-0.39, 0.29) is 0 Å². The molecule has 0 fully saturated rings. The van der Waals surface area contributed by atoms with E-state index in [1.54, 1.807) is 11.8 Å². The number of nitrogens with zero attached hydrogens (tertiary/aromatic N) is 2. The molecule has 1 aliphatic rings. The first kappa shape index (κ1) is 15.9. The number of anilines is 2. The van der Waals surface area contributed by atoms with Gasteiger partial charge in [-0.3, -0.25) is 0 Å². The second-order valence-electron chi connectivity index (χ2n) is 6.34. The number of benzene rings is 1. The summed E-state index contributed by atoms with van der Waals surface area (Å²) in [5.41, 5.74) is 5.14. The van der Waals surface area contributed by atoms with Crippen LogP contribution in [0.3, 0.4) is 0 Å². The van der Waals surface area contributed by atoms with Crippen molar-refractivity contribution < 1.29 is 0 Å². The number of aromatic nitrogens is 2. The lowest BCUT2D eigenvalue weighted by Gasteiger charge is -2.15. The minimum atomic E-state index is 0.842. The Morgan fingerprint density at radius 3 is 2.58 bits per heavy atom. The molecule has 0 radical (unpaired) electrons. The predicted molar refractivity (Wildman–Crippen MR) is 105 cm³/mol. The summed E-state index contributed by atoms with van der Waals surface area (Å²) >= 11 is 3.47. The van der Waals surface area contributed by atoms with Gasteiger partial charge in [-0.05, 0) is 62.5 Å². The third-order valence-electron chi connectivity index (χ3n) is 4.70. The van der Waals surface area contributed by atoms with Gasteiger partial charge in [-0.2, -0.15) is 0 Å². The molecule has 2 aromatic heterocycles. The van der Waals surface area contributed by atoms with E-state index in [2.05, 4.69) is 37.4 Å². The number of thioether (sulfide) groups is 1. The van der Waals surface area contributed by atoms with Crippen LogP contribution in [0.1, 0.15) is 34.4 Å². The van der Waals surface area contributed by atoms with E-state index in [4.69, 9.17) is 9.97 Å². The molecule has 1 N–H and O–H groups in total. The third kappa shape index (κ3) is 2.70. The molecule has 1 aromatic carbocycles. The summed E-state index contributed by atoms with van der Waals surface area (Å²) < 4.78 is 0. The fourth-order valence-corrected chi connectivity index (χ4v) is 5.13. The van der Waals surface area contributed by atoms with Gasteiger partial charge in [0.15, 0.2) is 5.16 Å². The zero-order valence-electron chi connectivity index (χ0n) is 14.3. The number of para-hydroxylation sites is 1. The highest BCUT2D eigenvalue weighted by Crippen LogP contribution is 2.40.